The van der Waals surface area contributed by atoms with E-state index in [-0.39, 0.29) is 30.5 Å². The number of epoxide rings is 1. The Labute approximate surface area is 208 Å². The first-order valence-corrected chi connectivity index (χ1v) is 13.0. The third-order valence-electron chi connectivity index (χ3n) is 7.09. The minimum atomic E-state index is -1.06. The molecule has 2 rings (SSSR count). The molecule has 1 unspecified atom stereocenters. The van der Waals surface area contributed by atoms with Gasteiger partial charge in [0.25, 0.3) is 0 Å². The lowest BCUT2D eigenvalue weighted by molar-refractivity contribution is -0.165. The second-order valence-corrected chi connectivity index (χ2v) is 10.2. The lowest BCUT2D eigenvalue weighted by Gasteiger charge is -2.38. The number of aliphatic hydroxyl groups is 3. The van der Waals surface area contributed by atoms with Crippen molar-refractivity contribution in [2.45, 2.75) is 115 Å². The van der Waals surface area contributed by atoms with Crippen LogP contribution in [0.2, 0.25) is 0 Å². The number of esters is 1. The van der Waals surface area contributed by atoms with Gasteiger partial charge in [0.1, 0.15) is 6.10 Å². The molecule has 0 radical (unpaired) electrons. The predicted octanol–water partition coefficient (Wildman–Crippen LogP) is 2.59. The molecule has 4 N–H and O–H groups in total. The summed E-state index contributed by atoms with van der Waals surface area (Å²) in [6.07, 6.45) is 4.61. The number of aliphatic carboxylic acids is 1. The van der Waals surface area contributed by atoms with Crippen molar-refractivity contribution in [2.75, 3.05) is 13.2 Å². The van der Waals surface area contributed by atoms with Crippen molar-refractivity contribution in [1.82, 2.24) is 0 Å². The number of carbonyl (C=O) groups excluding carboxylic acids is 1. The standard InChI is InChI=1S/C26H44O9/c1-16(13-23(30)33-11-9-7-5-4-6-8-10-22(28)29)12-20-25(32)24(31)19(15-34-20)14-21-26(35-21)17(2)18(3)27/h13,17-21,24-27,31-32H,4-12,14-15H2,1-3H3,(H,28,29)/b16-13+/t17-,18+,19-,20-,21-,24+,25?,26-/m0/s1. The lowest BCUT2D eigenvalue weighted by Crippen LogP contribution is -2.50. The van der Waals surface area contributed by atoms with Gasteiger partial charge in [0.15, 0.2) is 0 Å². The molecule has 0 amide bonds. The summed E-state index contributed by atoms with van der Waals surface area (Å²) in [6.45, 7) is 6.07. The summed E-state index contributed by atoms with van der Waals surface area (Å²) in [4.78, 5) is 22.5. The fourth-order valence-corrected chi connectivity index (χ4v) is 4.59. The van der Waals surface area contributed by atoms with Crippen molar-refractivity contribution in [3.05, 3.63) is 11.6 Å². The molecule has 0 bridgehead atoms. The molecule has 0 saturated carbocycles. The molecule has 0 spiro atoms. The Kier molecular flexibility index (Phi) is 12.6. The van der Waals surface area contributed by atoms with Crippen LogP contribution in [0.15, 0.2) is 11.6 Å². The third-order valence-corrected chi connectivity index (χ3v) is 7.09. The normalized spacial score (nSPS) is 30.5. The van der Waals surface area contributed by atoms with Crippen LogP contribution in [0.1, 0.15) is 78.6 Å². The van der Waals surface area contributed by atoms with Gasteiger partial charge in [-0.15, -0.1) is 0 Å². The van der Waals surface area contributed by atoms with Crippen LogP contribution in [0.25, 0.3) is 0 Å². The van der Waals surface area contributed by atoms with Gasteiger partial charge in [-0.3, -0.25) is 4.79 Å². The maximum atomic E-state index is 12.1. The van der Waals surface area contributed by atoms with Gasteiger partial charge in [-0.05, 0) is 39.5 Å². The van der Waals surface area contributed by atoms with Crippen molar-refractivity contribution in [3.63, 3.8) is 0 Å². The van der Waals surface area contributed by atoms with Crippen LogP contribution >= 0.6 is 0 Å². The maximum absolute atomic E-state index is 12.1. The largest absolute Gasteiger partial charge is 0.481 e. The highest BCUT2D eigenvalue weighted by molar-refractivity contribution is 5.82. The molecule has 8 atom stereocenters. The summed E-state index contributed by atoms with van der Waals surface area (Å²) in [5.74, 6) is -1.42. The van der Waals surface area contributed by atoms with E-state index in [1.54, 1.807) is 13.8 Å². The van der Waals surface area contributed by atoms with Crippen molar-refractivity contribution in [1.29, 1.82) is 0 Å². The Morgan fingerprint density at radius 2 is 1.69 bits per heavy atom. The number of hydrogen-bond donors (Lipinski definition) is 4. The van der Waals surface area contributed by atoms with Crippen LogP contribution in [0.5, 0.6) is 0 Å². The van der Waals surface area contributed by atoms with E-state index in [4.69, 9.17) is 19.3 Å². The Hall–Kier alpha value is -1.52. The van der Waals surface area contributed by atoms with E-state index in [0.29, 0.717) is 38.0 Å². The SMILES string of the molecule is C/C(=C\C(=O)OCCCCCCCCC(=O)O)C[C@@H]1OC[C@H](C[C@@H]2O[C@H]2[C@@H](C)[C@@H](C)O)[C@@H](O)C1O. The summed E-state index contributed by atoms with van der Waals surface area (Å²) in [7, 11) is 0. The fraction of sp³-hybridized carbons (Fsp3) is 0.846. The average Bonchev–Trinajstić information content (AvgIpc) is 3.55. The molecule has 0 aromatic heterocycles. The van der Waals surface area contributed by atoms with Crippen LogP contribution < -0.4 is 0 Å². The molecule has 9 nitrogen and oxygen atoms in total. The summed E-state index contributed by atoms with van der Waals surface area (Å²) < 4.78 is 16.7. The maximum Gasteiger partial charge on any atom is 0.330 e. The van der Waals surface area contributed by atoms with E-state index in [2.05, 4.69) is 0 Å². The van der Waals surface area contributed by atoms with Crippen LogP contribution in [-0.4, -0.2) is 82.2 Å². The van der Waals surface area contributed by atoms with Gasteiger partial charge < -0.3 is 34.6 Å². The highest BCUT2D eigenvalue weighted by atomic mass is 16.6. The molecular formula is C26H44O9. The van der Waals surface area contributed by atoms with E-state index < -0.39 is 36.4 Å². The van der Waals surface area contributed by atoms with E-state index in [1.807, 2.05) is 6.92 Å². The summed E-state index contributed by atoms with van der Waals surface area (Å²) >= 11 is 0. The van der Waals surface area contributed by atoms with Gasteiger partial charge in [-0.2, -0.15) is 0 Å². The van der Waals surface area contributed by atoms with Crippen LogP contribution in [0.4, 0.5) is 0 Å². The van der Waals surface area contributed by atoms with Crippen molar-refractivity contribution in [3.8, 4) is 0 Å². The van der Waals surface area contributed by atoms with E-state index in [1.165, 1.54) is 6.08 Å². The van der Waals surface area contributed by atoms with Crippen LogP contribution in [0.3, 0.4) is 0 Å². The molecule has 202 valence electrons. The highest BCUT2D eigenvalue weighted by Gasteiger charge is 2.48. The van der Waals surface area contributed by atoms with Crippen LogP contribution in [0, 0.1) is 11.8 Å². The topological polar surface area (TPSA) is 146 Å². The molecule has 9 heteroatoms. The van der Waals surface area contributed by atoms with E-state index >= 15 is 0 Å². The number of unbranched alkanes of at least 4 members (excludes halogenated alkanes) is 5. The smallest absolute Gasteiger partial charge is 0.330 e. The number of rotatable bonds is 16. The minimum absolute atomic E-state index is 0.0160. The van der Waals surface area contributed by atoms with Gasteiger partial charge in [0.2, 0.25) is 0 Å². The molecular weight excluding hydrogens is 456 g/mol. The minimum Gasteiger partial charge on any atom is -0.481 e. The second kappa shape index (κ2) is 14.9. The monoisotopic (exact) mass is 500 g/mol. The average molecular weight is 501 g/mol. The molecule has 2 aliphatic heterocycles. The molecule has 35 heavy (non-hydrogen) atoms. The van der Waals surface area contributed by atoms with E-state index in [9.17, 15) is 24.9 Å². The first-order valence-electron chi connectivity index (χ1n) is 13.0. The molecule has 2 heterocycles. The molecule has 0 aromatic rings. The molecule has 2 saturated heterocycles. The Morgan fingerprint density at radius 1 is 1.03 bits per heavy atom. The van der Waals surface area contributed by atoms with Crippen LogP contribution in [-0.2, 0) is 23.8 Å². The molecule has 0 aliphatic carbocycles. The summed E-state index contributed by atoms with van der Waals surface area (Å²) in [5, 5.41) is 39.5. The number of carboxylic acids is 1. The number of aliphatic hydroxyl groups excluding tert-OH is 3. The fourth-order valence-electron chi connectivity index (χ4n) is 4.59. The molecule has 0 aromatic carbocycles. The predicted molar refractivity (Wildman–Crippen MR) is 129 cm³/mol. The zero-order chi connectivity index (χ0) is 26.0. The Bertz CT molecular complexity index is 692. The number of ether oxygens (including phenoxy) is 3. The van der Waals surface area contributed by atoms with Crippen molar-refractivity contribution < 1.29 is 44.2 Å². The van der Waals surface area contributed by atoms with Gasteiger partial charge in [0.05, 0.1) is 43.7 Å². The summed E-state index contributed by atoms with van der Waals surface area (Å²) in [6, 6.07) is 0. The zero-order valence-electron chi connectivity index (χ0n) is 21.3. The van der Waals surface area contributed by atoms with Gasteiger partial charge >= 0.3 is 11.9 Å². The summed E-state index contributed by atoms with van der Waals surface area (Å²) in [5.41, 5.74) is 0.708. The zero-order valence-corrected chi connectivity index (χ0v) is 21.3. The van der Waals surface area contributed by atoms with E-state index in [0.717, 1.165) is 32.1 Å². The van der Waals surface area contributed by atoms with Gasteiger partial charge in [0, 0.05) is 24.3 Å². The molecule has 2 fully saturated rings. The van der Waals surface area contributed by atoms with Gasteiger partial charge in [-0.1, -0.05) is 38.2 Å². The van der Waals surface area contributed by atoms with Crippen molar-refractivity contribution >= 4 is 11.9 Å². The Morgan fingerprint density at radius 3 is 2.34 bits per heavy atom. The lowest BCUT2D eigenvalue weighted by atomic mass is 9.85. The Balaban J connectivity index is 1.62. The first kappa shape index (κ1) is 29.7. The quantitative estimate of drug-likeness (QED) is 0.109. The van der Waals surface area contributed by atoms with Gasteiger partial charge in [-0.25, -0.2) is 4.79 Å². The third kappa shape index (κ3) is 10.6. The number of carbonyl (C=O) groups is 2. The second-order valence-electron chi connectivity index (χ2n) is 10.2. The number of carboxylic acid groups (broad SMARTS) is 1. The highest BCUT2D eigenvalue weighted by Crippen LogP contribution is 2.38. The molecule has 2 aliphatic rings. The number of hydrogen-bond acceptors (Lipinski definition) is 8. The van der Waals surface area contributed by atoms with Crippen molar-refractivity contribution in [2.24, 2.45) is 11.8 Å². The first-order chi connectivity index (χ1) is 16.6.